The smallest absolute Gasteiger partial charge is 0.238 e. The fourth-order valence-electron chi connectivity index (χ4n) is 3.76. The first kappa shape index (κ1) is 16.7. The molecule has 21 heavy (non-hydrogen) atoms. The number of carbonyl (C=O) groups is 1. The van der Waals surface area contributed by atoms with E-state index in [1.807, 2.05) is 0 Å². The van der Waals surface area contributed by atoms with Crippen molar-refractivity contribution < 1.29 is 14.3 Å². The molecule has 3 N–H and O–H groups in total. The second-order valence-corrected chi connectivity index (χ2v) is 6.82. The molecule has 122 valence electrons. The minimum absolute atomic E-state index is 0.206. The lowest BCUT2D eigenvalue weighted by molar-refractivity contribution is -0.126. The van der Waals surface area contributed by atoms with Crippen LogP contribution in [-0.4, -0.2) is 43.9 Å². The molecule has 5 nitrogen and oxygen atoms in total. The van der Waals surface area contributed by atoms with E-state index in [9.17, 15) is 4.79 Å². The van der Waals surface area contributed by atoms with E-state index in [-0.39, 0.29) is 17.9 Å². The summed E-state index contributed by atoms with van der Waals surface area (Å²) in [5.41, 5.74) is 5.18. The zero-order valence-electron chi connectivity index (χ0n) is 13.4. The topological polar surface area (TPSA) is 73.6 Å². The van der Waals surface area contributed by atoms with Crippen LogP contribution in [0.25, 0.3) is 0 Å². The molecule has 1 heterocycles. The number of hydrogen-bond donors (Lipinski definition) is 2. The molecule has 2 fully saturated rings. The molecular formula is C16H30N2O3. The number of nitrogens with two attached hydrogens (primary N) is 1. The molecule has 1 aliphatic carbocycles. The van der Waals surface area contributed by atoms with E-state index in [0.29, 0.717) is 12.5 Å². The largest absolute Gasteiger partial charge is 0.381 e. The van der Waals surface area contributed by atoms with Crippen LogP contribution in [-0.2, 0) is 14.3 Å². The van der Waals surface area contributed by atoms with Crippen LogP contribution >= 0.6 is 0 Å². The monoisotopic (exact) mass is 298 g/mol. The summed E-state index contributed by atoms with van der Waals surface area (Å²) in [6.07, 6.45) is 4.96. The lowest BCUT2D eigenvalue weighted by Crippen LogP contribution is -2.60. The lowest BCUT2D eigenvalue weighted by Gasteiger charge is -2.35. The number of ether oxygens (including phenoxy) is 2. The first-order valence-electron chi connectivity index (χ1n) is 8.27. The molecule has 5 heteroatoms. The van der Waals surface area contributed by atoms with E-state index >= 15 is 0 Å². The Labute approximate surface area is 127 Å². The first-order valence-corrected chi connectivity index (χ1v) is 8.27. The Morgan fingerprint density at radius 2 is 2.29 bits per heavy atom. The maximum absolute atomic E-state index is 12.0. The van der Waals surface area contributed by atoms with E-state index < -0.39 is 5.54 Å². The van der Waals surface area contributed by atoms with Gasteiger partial charge in [-0.25, -0.2) is 0 Å². The van der Waals surface area contributed by atoms with Crippen LogP contribution in [0.5, 0.6) is 0 Å². The highest BCUT2D eigenvalue weighted by atomic mass is 16.5. The predicted octanol–water partition coefficient (Wildman–Crippen LogP) is 1.45. The van der Waals surface area contributed by atoms with Gasteiger partial charge in [-0.15, -0.1) is 0 Å². The molecule has 0 aromatic carbocycles. The second-order valence-electron chi connectivity index (χ2n) is 6.82. The minimum Gasteiger partial charge on any atom is -0.381 e. The van der Waals surface area contributed by atoms with Gasteiger partial charge in [-0.2, -0.15) is 0 Å². The van der Waals surface area contributed by atoms with E-state index in [0.717, 1.165) is 51.9 Å². The van der Waals surface area contributed by atoms with Crippen LogP contribution in [0.3, 0.4) is 0 Å². The Morgan fingerprint density at radius 3 is 2.90 bits per heavy atom. The first-order chi connectivity index (χ1) is 10.0. The molecule has 3 atom stereocenters. The normalized spacial score (nSPS) is 32.9. The van der Waals surface area contributed by atoms with E-state index in [1.165, 1.54) is 0 Å². The molecule has 1 amide bonds. The fraction of sp³-hybridized carbons (Fsp3) is 0.938. The van der Waals surface area contributed by atoms with Gasteiger partial charge in [0.15, 0.2) is 0 Å². The molecule has 1 saturated heterocycles. The van der Waals surface area contributed by atoms with Crippen molar-refractivity contribution in [2.24, 2.45) is 17.6 Å². The van der Waals surface area contributed by atoms with Crippen molar-refractivity contribution in [2.75, 3.05) is 26.4 Å². The number of nitrogens with one attached hydrogen (secondary N) is 1. The summed E-state index contributed by atoms with van der Waals surface area (Å²) < 4.78 is 11.1. The third-order valence-electron chi connectivity index (χ3n) is 4.79. The van der Waals surface area contributed by atoms with Crippen molar-refractivity contribution in [3.63, 3.8) is 0 Å². The molecule has 0 radical (unpaired) electrons. The van der Waals surface area contributed by atoms with Gasteiger partial charge in [0.25, 0.3) is 0 Å². The summed E-state index contributed by atoms with van der Waals surface area (Å²) in [5.74, 6) is 0.628. The van der Waals surface area contributed by atoms with Crippen LogP contribution in [0.2, 0.25) is 0 Å². The van der Waals surface area contributed by atoms with Gasteiger partial charge in [-0.3, -0.25) is 4.79 Å². The van der Waals surface area contributed by atoms with Crippen molar-refractivity contribution in [1.82, 2.24) is 5.32 Å². The van der Waals surface area contributed by atoms with Crippen molar-refractivity contribution in [2.45, 2.75) is 57.5 Å². The maximum Gasteiger partial charge on any atom is 0.238 e. The van der Waals surface area contributed by atoms with E-state index in [2.05, 4.69) is 19.2 Å². The maximum atomic E-state index is 12.0. The molecule has 3 unspecified atom stereocenters. The molecule has 0 aromatic rings. The van der Waals surface area contributed by atoms with Gasteiger partial charge in [0.1, 0.15) is 5.54 Å². The standard InChI is InChI=1S/C16H30N2O3/c1-12(2)18-16(15(17)19)7-3-4-14(16)6-9-21-11-13-5-8-20-10-13/h12-14,18H,3-11H2,1-2H3,(H2,17,19). The second kappa shape index (κ2) is 7.56. The molecular weight excluding hydrogens is 268 g/mol. The number of primary amides is 1. The van der Waals surface area contributed by atoms with E-state index in [4.69, 9.17) is 15.2 Å². The molecule has 2 aliphatic rings. The van der Waals surface area contributed by atoms with Crippen LogP contribution in [0.15, 0.2) is 0 Å². The van der Waals surface area contributed by atoms with Gasteiger partial charge < -0.3 is 20.5 Å². The van der Waals surface area contributed by atoms with Crippen LogP contribution in [0, 0.1) is 11.8 Å². The highest BCUT2D eigenvalue weighted by Gasteiger charge is 2.47. The summed E-state index contributed by atoms with van der Waals surface area (Å²) in [5, 5.41) is 3.44. The van der Waals surface area contributed by atoms with Crippen molar-refractivity contribution >= 4 is 5.91 Å². The predicted molar refractivity (Wildman–Crippen MR) is 81.9 cm³/mol. The third kappa shape index (κ3) is 4.18. The van der Waals surface area contributed by atoms with Gasteiger partial charge in [0.05, 0.1) is 13.2 Å². The highest BCUT2D eigenvalue weighted by Crippen LogP contribution is 2.38. The van der Waals surface area contributed by atoms with E-state index in [1.54, 1.807) is 0 Å². The SMILES string of the molecule is CC(C)NC1(C(N)=O)CCCC1CCOCC1CCOC1. The fourth-order valence-corrected chi connectivity index (χ4v) is 3.76. The lowest BCUT2D eigenvalue weighted by atomic mass is 9.83. The van der Waals surface area contributed by atoms with Gasteiger partial charge in [0.2, 0.25) is 5.91 Å². The minimum atomic E-state index is -0.534. The number of hydrogen-bond acceptors (Lipinski definition) is 4. The quantitative estimate of drug-likeness (QED) is 0.665. The molecule has 0 bridgehead atoms. The Balaban J connectivity index is 1.80. The Hall–Kier alpha value is -0.650. The average Bonchev–Trinajstić information content (AvgIpc) is 3.04. The van der Waals surface area contributed by atoms with Crippen molar-refractivity contribution in [3.05, 3.63) is 0 Å². The average molecular weight is 298 g/mol. The Morgan fingerprint density at radius 1 is 1.48 bits per heavy atom. The number of carbonyl (C=O) groups excluding carboxylic acids is 1. The van der Waals surface area contributed by atoms with Gasteiger partial charge >= 0.3 is 0 Å². The van der Waals surface area contributed by atoms with Crippen LogP contribution in [0.4, 0.5) is 0 Å². The summed E-state index contributed by atoms with van der Waals surface area (Å²) >= 11 is 0. The van der Waals surface area contributed by atoms with Gasteiger partial charge in [-0.05, 0) is 45.4 Å². The van der Waals surface area contributed by atoms with Crippen molar-refractivity contribution in [1.29, 1.82) is 0 Å². The summed E-state index contributed by atoms with van der Waals surface area (Å²) in [7, 11) is 0. The number of amides is 1. The van der Waals surface area contributed by atoms with Crippen LogP contribution < -0.4 is 11.1 Å². The Kier molecular flexibility index (Phi) is 6.02. The van der Waals surface area contributed by atoms with Crippen LogP contribution in [0.1, 0.15) is 46.0 Å². The molecule has 2 rings (SSSR count). The number of rotatable bonds is 8. The molecule has 1 saturated carbocycles. The summed E-state index contributed by atoms with van der Waals surface area (Å²) in [6, 6.07) is 0.259. The molecule has 1 aliphatic heterocycles. The van der Waals surface area contributed by atoms with Gasteiger partial charge in [0, 0.05) is 25.2 Å². The highest BCUT2D eigenvalue weighted by molar-refractivity contribution is 5.85. The molecule has 0 aromatic heterocycles. The summed E-state index contributed by atoms with van der Waals surface area (Å²) in [4.78, 5) is 12.0. The summed E-state index contributed by atoms with van der Waals surface area (Å²) in [6.45, 7) is 7.29. The zero-order valence-corrected chi connectivity index (χ0v) is 13.4. The third-order valence-corrected chi connectivity index (χ3v) is 4.79. The van der Waals surface area contributed by atoms with Crippen molar-refractivity contribution in [3.8, 4) is 0 Å². The zero-order chi connectivity index (χ0) is 15.3. The van der Waals surface area contributed by atoms with Gasteiger partial charge in [-0.1, -0.05) is 6.42 Å². The Bertz CT molecular complexity index is 342. The molecule has 0 spiro atoms.